The van der Waals surface area contributed by atoms with E-state index < -0.39 is 0 Å². The first kappa shape index (κ1) is 9.37. The molecule has 0 aliphatic rings. The average molecular weight is 164 g/mol. The van der Waals surface area contributed by atoms with Gasteiger partial charge in [-0.1, -0.05) is 0 Å². The van der Waals surface area contributed by atoms with Crippen molar-refractivity contribution in [3.05, 3.63) is 0 Å². The third-order valence-corrected chi connectivity index (χ3v) is 2.24. The van der Waals surface area contributed by atoms with Gasteiger partial charge in [-0.15, -0.1) is 0 Å². The molecule has 0 saturated carbocycles. The molecule has 3 heteroatoms. The van der Waals surface area contributed by atoms with Crippen molar-refractivity contribution in [3.63, 3.8) is 0 Å². The molecule has 0 aromatic carbocycles. The predicted molar refractivity (Wildman–Crippen MR) is 46.5 cm³/mol. The maximum Gasteiger partial charge on any atom is 0.120 e. The molecule has 0 bridgehead atoms. The van der Waals surface area contributed by atoms with Gasteiger partial charge in [0.15, 0.2) is 0 Å². The Morgan fingerprint density at radius 2 is 2.22 bits per heavy atom. The quantitative estimate of drug-likeness (QED) is 0.365. The molecule has 0 fully saturated rings. The summed E-state index contributed by atoms with van der Waals surface area (Å²) in [4.78, 5) is 9.81. The van der Waals surface area contributed by atoms with Crippen molar-refractivity contribution in [2.24, 2.45) is 0 Å². The molecule has 0 N–H and O–H groups in total. The van der Waals surface area contributed by atoms with Gasteiger partial charge in [-0.05, 0) is 23.7 Å². The second-order valence-electron chi connectivity index (χ2n) is 1.64. The van der Waals surface area contributed by atoms with Crippen LogP contribution in [0.25, 0.3) is 0 Å². The van der Waals surface area contributed by atoms with Gasteiger partial charge in [0, 0.05) is 6.42 Å². The number of rotatable bonds is 6. The van der Waals surface area contributed by atoms with Gasteiger partial charge in [0.1, 0.15) is 6.29 Å². The molecule has 0 spiro atoms. The second-order valence-corrected chi connectivity index (χ2v) is 3.32. The Bertz CT molecular complexity index is 66.1. The Hall–Kier alpha value is 0.370. The molecule has 0 heterocycles. The molecule has 54 valence electrons. The lowest BCUT2D eigenvalue weighted by Crippen LogP contribution is -1.84. The zero-order valence-electron chi connectivity index (χ0n) is 5.38. The Kier molecular flexibility index (Phi) is 8.71. The van der Waals surface area contributed by atoms with Crippen LogP contribution >= 0.6 is 24.4 Å². The van der Waals surface area contributed by atoms with Crippen LogP contribution in [0.2, 0.25) is 0 Å². The zero-order chi connectivity index (χ0) is 6.95. The van der Waals surface area contributed by atoms with Gasteiger partial charge < -0.3 is 4.79 Å². The maximum atomic E-state index is 9.81. The summed E-state index contributed by atoms with van der Waals surface area (Å²) < 4.78 is 0. The molecule has 0 radical (unpaired) electrons. The highest BCUT2D eigenvalue weighted by Crippen LogP contribution is 2.03. The molecule has 0 unspecified atom stereocenters. The Morgan fingerprint density at radius 1 is 1.44 bits per heavy atom. The van der Waals surface area contributed by atoms with Crippen molar-refractivity contribution in [3.8, 4) is 0 Å². The molecular weight excluding hydrogens is 152 g/mol. The lowest BCUT2D eigenvalue weighted by molar-refractivity contribution is -0.107. The highest BCUT2D eigenvalue weighted by Gasteiger charge is 1.86. The fourth-order valence-corrected chi connectivity index (χ4v) is 1.59. The molecule has 0 aliphatic heterocycles. The van der Waals surface area contributed by atoms with E-state index in [9.17, 15) is 4.79 Å². The fourth-order valence-electron chi connectivity index (χ4n) is 0.400. The summed E-state index contributed by atoms with van der Waals surface area (Å²) in [6, 6.07) is 0. The molecule has 1 nitrogen and oxygen atoms in total. The number of hydrogen-bond acceptors (Lipinski definition) is 3. The summed E-state index contributed by atoms with van der Waals surface area (Å²) in [5, 5.41) is 0. The van der Waals surface area contributed by atoms with Crippen molar-refractivity contribution in [2.45, 2.75) is 12.8 Å². The lowest BCUT2D eigenvalue weighted by atomic mass is 10.6. The number of carbonyl (C=O) groups is 1. The first-order valence-corrected chi connectivity index (χ1v) is 4.82. The van der Waals surface area contributed by atoms with Crippen LogP contribution in [0.1, 0.15) is 12.8 Å². The van der Waals surface area contributed by atoms with Crippen LogP contribution < -0.4 is 0 Å². The first-order valence-electron chi connectivity index (χ1n) is 3.04. The topological polar surface area (TPSA) is 17.1 Å². The van der Waals surface area contributed by atoms with Gasteiger partial charge in [0.25, 0.3) is 0 Å². The van der Waals surface area contributed by atoms with E-state index in [1.807, 2.05) is 11.8 Å². The fraction of sp³-hybridized carbons (Fsp3) is 0.833. The lowest BCUT2D eigenvalue weighted by Gasteiger charge is -1.93. The Morgan fingerprint density at radius 3 is 2.78 bits per heavy atom. The van der Waals surface area contributed by atoms with Gasteiger partial charge in [0.05, 0.1) is 0 Å². The minimum Gasteiger partial charge on any atom is -0.303 e. The summed E-state index contributed by atoms with van der Waals surface area (Å²) in [6.07, 6.45) is 2.80. The maximum absolute atomic E-state index is 9.81. The molecule has 0 atom stereocenters. The summed E-state index contributed by atoms with van der Waals surface area (Å²) >= 11 is 5.89. The predicted octanol–water partition coefficient (Wildman–Crippen LogP) is 1.63. The molecule has 0 aromatic heterocycles. The van der Waals surface area contributed by atoms with Crippen LogP contribution in [0.4, 0.5) is 0 Å². The van der Waals surface area contributed by atoms with Crippen molar-refractivity contribution in [1.82, 2.24) is 0 Å². The number of thioether (sulfide) groups is 1. The summed E-state index contributed by atoms with van der Waals surface area (Å²) in [7, 11) is 0. The number of carbonyl (C=O) groups excluding carboxylic acids is 1. The Balaban J connectivity index is 2.66. The van der Waals surface area contributed by atoms with E-state index in [4.69, 9.17) is 0 Å². The van der Waals surface area contributed by atoms with E-state index in [1.54, 1.807) is 0 Å². The van der Waals surface area contributed by atoms with E-state index in [2.05, 4.69) is 12.6 Å². The molecule has 0 amide bonds. The van der Waals surface area contributed by atoms with Crippen molar-refractivity contribution in [1.29, 1.82) is 0 Å². The standard InChI is InChI=1S/C6H12OS2/c7-3-1-5-9-6-2-4-8/h3,8H,1-2,4-6H2. The highest BCUT2D eigenvalue weighted by molar-refractivity contribution is 7.99. The SMILES string of the molecule is O=CCCSCCCS. The van der Waals surface area contributed by atoms with Crippen LogP contribution in [0.15, 0.2) is 0 Å². The summed E-state index contributed by atoms with van der Waals surface area (Å²) in [6.45, 7) is 0. The van der Waals surface area contributed by atoms with Crippen LogP contribution in [-0.4, -0.2) is 23.5 Å². The van der Waals surface area contributed by atoms with Crippen LogP contribution in [0, 0.1) is 0 Å². The Labute approximate surface area is 66.0 Å². The molecular formula is C6H12OS2. The van der Waals surface area contributed by atoms with Crippen molar-refractivity contribution < 1.29 is 4.79 Å². The largest absolute Gasteiger partial charge is 0.303 e. The van der Waals surface area contributed by atoms with Crippen molar-refractivity contribution >= 4 is 30.7 Å². The van der Waals surface area contributed by atoms with Crippen LogP contribution in [0.5, 0.6) is 0 Å². The van der Waals surface area contributed by atoms with E-state index in [-0.39, 0.29) is 0 Å². The van der Waals surface area contributed by atoms with Crippen LogP contribution in [-0.2, 0) is 4.79 Å². The zero-order valence-corrected chi connectivity index (χ0v) is 7.09. The van der Waals surface area contributed by atoms with E-state index in [0.29, 0.717) is 6.42 Å². The normalized spacial score (nSPS) is 9.44. The second kappa shape index (κ2) is 8.37. The third-order valence-electron chi connectivity index (χ3n) is 0.827. The number of hydrogen-bond donors (Lipinski definition) is 1. The van der Waals surface area contributed by atoms with E-state index in [0.717, 1.165) is 30.0 Å². The van der Waals surface area contributed by atoms with Gasteiger partial charge in [-0.3, -0.25) is 0 Å². The molecule has 9 heavy (non-hydrogen) atoms. The smallest absolute Gasteiger partial charge is 0.120 e. The highest BCUT2D eigenvalue weighted by atomic mass is 32.2. The van der Waals surface area contributed by atoms with E-state index in [1.165, 1.54) is 0 Å². The third kappa shape index (κ3) is 8.37. The minimum absolute atomic E-state index is 0.692. The molecule has 0 aromatic rings. The number of thiol groups is 1. The van der Waals surface area contributed by atoms with Gasteiger partial charge >= 0.3 is 0 Å². The first-order chi connectivity index (χ1) is 4.41. The van der Waals surface area contributed by atoms with Gasteiger partial charge in [0.2, 0.25) is 0 Å². The monoisotopic (exact) mass is 164 g/mol. The molecule has 0 saturated heterocycles. The van der Waals surface area contributed by atoms with Crippen molar-refractivity contribution in [2.75, 3.05) is 17.3 Å². The van der Waals surface area contributed by atoms with Crippen LogP contribution in [0.3, 0.4) is 0 Å². The van der Waals surface area contributed by atoms with Gasteiger partial charge in [-0.25, -0.2) is 0 Å². The van der Waals surface area contributed by atoms with E-state index >= 15 is 0 Å². The summed E-state index contributed by atoms with van der Waals surface area (Å²) in [5.74, 6) is 3.06. The molecule has 0 aliphatic carbocycles. The minimum atomic E-state index is 0.692. The summed E-state index contributed by atoms with van der Waals surface area (Å²) in [5.41, 5.74) is 0. The molecule has 0 rings (SSSR count). The average Bonchev–Trinajstić information content (AvgIpc) is 1.89. The van der Waals surface area contributed by atoms with Gasteiger partial charge in [-0.2, -0.15) is 24.4 Å². The number of aldehydes is 1.